The molecule has 0 amide bonds. The molecule has 4 heteroatoms. The molecule has 0 radical (unpaired) electrons. The molecule has 3 nitrogen and oxygen atoms in total. The Bertz CT molecular complexity index is 355. The van der Waals surface area contributed by atoms with Gasteiger partial charge in [0.15, 0.2) is 5.96 Å². The molecule has 1 fully saturated rings. The van der Waals surface area contributed by atoms with Crippen molar-refractivity contribution in [3.05, 3.63) is 22.4 Å². The van der Waals surface area contributed by atoms with Gasteiger partial charge in [-0.2, -0.15) is 11.3 Å². The molecule has 1 aliphatic rings. The highest BCUT2D eigenvalue weighted by Crippen LogP contribution is 2.19. The van der Waals surface area contributed by atoms with E-state index >= 15 is 0 Å². The van der Waals surface area contributed by atoms with Gasteiger partial charge in [0.05, 0.1) is 0 Å². The Balaban J connectivity index is 1.86. The summed E-state index contributed by atoms with van der Waals surface area (Å²) in [5.74, 6) is 1.47. The molecule has 1 saturated carbocycles. The van der Waals surface area contributed by atoms with Crippen molar-refractivity contribution in [2.24, 2.45) is 4.99 Å². The van der Waals surface area contributed by atoms with Crippen LogP contribution >= 0.6 is 11.3 Å². The summed E-state index contributed by atoms with van der Waals surface area (Å²) in [5.41, 5.74) is 1.39. The molecule has 0 saturated heterocycles. The van der Waals surface area contributed by atoms with Crippen LogP contribution in [0.1, 0.15) is 38.2 Å². The van der Waals surface area contributed by atoms with Crippen LogP contribution in [0.4, 0.5) is 0 Å². The summed E-state index contributed by atoms with van der Waals surface area (Å²) in [6.07, 6.45) is 2.56. The minimum atomic E-state index is 0.496. The van der Waals surface area contributed by atoms with Crippen molar-refractivity contribution in [1.82, 2.24) is 10.6 Å². The molecule has 0 aliphatic heterocycles. The highest BCUT2D eigenvalue weighted by atomic mass is 32.1. The average molecular weight is 251 g/mol. The maximum atomic E-state index is 4.65. The number of hydrogen-bond donors (Lipinski definition) is 2. The highest BCUT2D eigenvalue weighted by Gasteiger charge is 2.22. The molecule has 1 aromatic heterocycles. The van der Waals surface area contributed by atoms with Gasteiger partial charge in [0.2, 0.25) is 0 Å². The molecule has 94 valence electrons. The molecule has 1 atom stereocenters. The van der Waals surface area contributed by atoms with Crippen LogP contribution < -0.4 is 10.6 Å². The topological polar surface area (TPSA) is 36.4 Å². The Morgan fingerprint density at radius 1 is 1.59 bits per heavy atom. The molecule has 0 spiro atoms. The van der Waals surface area contributed by atoms with Crippen LogP contribution in [-0.2, 0) is 0 Å². The molecule has 0 bridgehead atoms. The number of nitrogens with zero attached hydrogens (tertiary/aromatic N) is 1. The van der Waals surface area contributed by atoms with Gasteiger partial charge in [-0.3, -0.25) is 4.99 Å². The van der Waals surface area contributed by atoms with Gasteiger partial charge in [0.1, 0.15) is 0 Å². The number of hydrogen-bond acceptors (Lipinski definition) is 2. The summed E-state index contributed by atoms with van der Waals surface area (Å²) in [7, 11) is 0. The molecule has 1 heterocycles. The van der Waals surface area contributed by atoms with E-state index in [1.54, 1.807) is 11.3 Å². The molecule has 1 unspecified atom stereocenters. The van der Waals surface area contributed by atoms with E-state index < -0.39 is 0 Å². The highest BCUT2D eigenvalue weighted by molar-refractivity contribution is 7.07. The first-order chi connectivity index (χ1) is 8.29. The van der Waals surface area contributed by atoms with Crippen molar-refractivity contribution in [2.75, 3.05) is 13.1 Å². The number of thiophene rings is 1. The Labute approximate surface area is 107 Å². The summed E-state index contributed by atoms with van der Waals surface area (Å²) >= 11 is 1.75. The lowest BCUT2D eigenvalue weighted by Gasteiger charge is -2.12. The molecule has 1 aliphatic carbocycles. The van der Waals surface area contributed by atoms with Crippen LogP contribution in [0.5, 0.6) is 0 Å². The van der Waals surface area contributed by atoms with Crippen LogP contribution in [0.2, 0.25) is 0 Å². The second-order valence-corrected chi connectivity index (χ2v) is 5.38. The lowest BCUT2D eigenvalue weighted by molar-refractivity contribution is 0.749. The summed E-state index contributed by atoms with van der Waals surface area (Å²) in [6, 6.07) is 2.84. The first-order valence-electron chi connectivity index (χ1n) is 6.36. The fourth-order valence-electron chi connectivity index (χ4n) is 1.63. The van der Waals surface area contributed by atoms with E-state index in [0.717, 1.165) is 19.0 Å². The number of rotatable bonds is 5. The number of nitrogens with one attached hydrogen (secondary N) is 2. The molecule has 17 heavy (non-hydrogen) atoms. The standard InChI is InChI=1S/C13H21N3S/c1-3-14-13(16-12-4-5-12)15-8-10(2)11-6-7-17-9-11/h6-7,9-10,12H,3-5,8H2,1-2H3,(H2,14,15,16). The van der Waals surface area contributed by atoms with E-state index in [1.807, 2.05) is 0 Å². The molecule has 2 rings (SSSR count). The van der Waals surface area contributed by atoms with Crippen LogP contribution in [0.25, 0.3) is 0 Å². The van der Waals surface area contributed by atoms with Crippen molar-refractivity contribution < 1.29 is 0 Å². The minimum Gasteiger partial charge on any atom is -0.357 e. The zero-order valence-corrected chi connectivity index (χ0v) is 11.4. The predicted octanol–water partition coefficient (Wildman–Crippen LogP) is 2.57. The average Bonchev–Trinajstić information content (AvgIpc) is 2.97. The van der Waals surface area contributed by atoms with E-state index in [1.165, 1.54) is 18.4 Å². The number of guanidine groups is 1. The van der Waals surface area contributed by atoms with Crippen LogP contribution in [0.15, 0.2) is 21.8 Å². The Hall–Kier alpha value is -1.03. The van der Waals surface area contributed by atoms with Crippen LogP contribution in [0.3, 0.4) is 0 Å². The lowest BCUT2D eigenvalue weighted by atomic mass is 10.1. The fourth-order valence-corrected chi connectivity index (χ4v) is 2.41. The third-order valence-electron chi connectivity index (χ3n) is 2.90. The Kier molecular flexibility index (Phi) is 4.42. The van der Waals surface area contributed by atoms with Gasteiger partial charge in [-0.15, -0.1) is 0 Å². The zero-order chi connectivity index (χ0) is 12.1. The van der Waals surface area contributed by atoms with Gasteiger partial charge in [0, 0.05) is 25.0 Å². The second-order valence-electron chi connectivity index (χ2n) is 4.60. The van der Waals surface area contributed by atoms with Crippen molar-refractivity contribution in [2.45, 2.75) is 38.6 Å². The summed E-state index contributed by atoms with van der Waals surface area (Å²) in [6.45, 7) is 6.10. The summed E-state index contributed by atoms with van der Waals surface area (Å²) in [4.78, 5) is 4.65. The van der Waals surface area contributed by atoms with Gasteiger partial charge < -0.3 is 10.6 Å². The molecular weight excluding hydrogens is 230 g/mol. The molecule has 2 N–H and O–H groups in total. The predicted molar refractivity (Wildman–Crippen MR) is 74.9 cm³/mol. The molecule has 1 aromatic rings. The molecular formula is C13H21N3S. The van der Waals surface area contributed by atoms with Crippen LogP contribution in [0, 0.1) is 0 Å². The van der Waals surface area contributed by atoms with Gasteiger partial charge in [-0.25, -0.2) is 0 Å². The van der Waals surface area contributed by atoms with E-state index in [2.05, 4.69) is 46.3 Å². The third kappa shape index (κ3) is 4.04. The Morgan fingerprint density at radius 3 is 3.00 bits per heavy atom. The smallest absolute Gasteiger partial charge is 0.191 e. The third-order valence-corrected chi connectivity index (χ3v) is 3.60. The van der Waals surface area contributed by atoms with Crippen LogP contribution in [-0.4, -0.2) is 25.1 Å². The largest absolute Gasteiger partial charge is 0.357 e. The summed E-state index contributed by atoms with van der Waals surface area (Å²) < 4.78 is 0. The van der Waals surface area contributed by atoms with Gasteiger partial charge in [-0.1, -0.05) is 6.92 Å². The first-order valence-corrected chi connectivity index (χ1v) is 7.30. The van der Waals surface area contributed by atoms with E-state index in [0.29, 0.717) is 12.0 Å². The van der Waals surface area contributed by atoms with Crippen molar-refractivity contribution in [3.8, 4) is 0 Å². The second kappa shape index (κ2) is 6.05. The van der Waals surface area contributed by atoms with Gasteiger partial charge >= 0.3 is 0 Å². The van der Waals surface area contributed by atoms with Crippen molar-refractivity contribution in [1.29, 1.82) is 0 Å². The van der Waals surface area contributed by atoms with Gasteiger partial charge in [-0.05, 0) is 42.2 Å². The zero-order valence-electron chi connectivity index (χ0n) is 10.6. The van der Waals surface area contributed by atoms with Crippen molar-refractivity contribution in [3.63, 3.8) is 0 Å². The monoisotopic (exact) mass is 251 g/mol. The maximum Gasteiger partial charge on any atom is 0.191 e. The lowest BCUT2D eigenvalue weighted by Crippen LogP contribution is -2.38. The van der Waals surface area contributed by atoms with Gasteiger partial charge in [0.25, 0.3) is 0 Å². The normalized spacial score (nSPS) is 17.9. The fraction of sp³-hybridized carbons (Fsp3) is 0.615. The van der Waals surface area contributed by atoms with E-state index in [4.69, 9.17) is 0 Å². The number of aliphatic imine (C=N–C) groups is 1. The van der Waals surface area contributed by atoms with E-state index in [-0.39, 0.29) is 0 Å². The minimum absolute atomic E-state index is 0.496. The SMILES string of the molecule is CCNC(=NCC(C)c1ccsc1)NC1CC1. The maximum absolute atomic E-state index is 4.65. The molecule has 0 aromatic carbocycles. The Morgan fingerprint density at radius 2 is 2.41 bits per heavy atom. The quantitative estimate of drug-likeness (QED) is 0.623. The first kappa shape index (κ1) is 12.4. The summed E-state index contributed by atoms with van der Waals surface area (Å²) in [5, 5.41) is 11.1. The van der Waals surface area contributed by atoms with Crippen molar-refractivity contribution >= 4 is 17.3 Å². The van der Waals surface area contributed by atoms with E-state index in [9.17, 15) is 0 Å².